The molecule has 1 aromatic heterocycles. The van der Waals surface area contributed by atoms with Gasteiger partial charge in [-0.25, -0.2) is 4.98 Å². The Labute approximate surface area is 154 Å². The number of imidazole rings is 1. The van der Waals surface area contributed by atoms with Gasteiger partial charge in [0.2, 0.25) is 0 Å². The first kappa shape index (κ1) is 18.3. The molecule has 27 heavy (non-hydrogen) atoms. The van der Waals surface area contributed by atoms with Crippen molar-refractivity contribution >= 4 is 28.3 Å². The summed E-state index contributed by atoms with van der Waals surface area (Å²) in [6.07, 6.45) is 0. The van der Waals surface area contributed by atoms with Crippen LogP contribution in [0.3, 0.4) is 0 Å². The summed E-state index contributed by atoms with van der Waals surface area (Å²) in [5, 5.41) is 16.9. The van der Waals surface area contributed by atoms with Crippen LogP contribution in [0.5, 0.6) is 0 Å². The Morgan fingerprint density at radius 1 is 1.30 bits per heavy atom. The molecule has 3 rings (SSSR count). The van der Waals surface area contributed by atoms with Crippen molar-refractivity contribution < 1.29 is 14.5 Å². The zero-order valence-electron chi connectivity index (χ0n) is 14.7. The Bertz CT molecular complexity index is 936. The van der Waals surface area contributed by atoms with E-state index in [1.165, 1.54) is 18.2 Å². The number of para-hydroxylation sites is 2. The van der Waals surface area contributed by atoms with E-state index in [-0.39, 0.29) is 17.8 Å². The molecule has 0 aliphatic carbocycles. The average molecular weight is 369 g/mol. The van der Waals surface area contributed by atoms with Gasteiger partial charge in [-0.05, 0) is 24.3 Å². The number of anilines is 1. The van der Waals surface area contributed by atoms with Crippen LogP contribution in [0.1, 0.15) is 16.2 Å². The lowest BCUT2D eigenvalue weighted by atomic mass is 10.1. The van der Waals surface area contributed by atoms with Crippen molar-refractivity contribution in [2.24, 2.45) is 0 Å². The van der Waals surface area contributed by atoms with Gasteiger partial charge in [0.1, 0.15) is 11.5 Å². The first-order chi connectivity index (χ1) is 13.1. The Morgan fingerprint density at radius 2 is 2.11 bits per heavy atom. The maximum Gasteiger partial charge on any atom is 0.293 e. The Kier molecular flexibility index (Phi) is 5.62. The summed E-state index contributed by atoms with van der Waals surface area (Å²) in [4.78, 5) is 30.6. The summed E-state index contributed by atoms with van der Waals surface area (Å²) >= 11 is 0. The predicted octanol–water partition coefficient (Wildman–Crippen LogP) is 2.46. The fourth-order valence-corrected chi connectivity index (χ4v) is 2.62. The third-order valence-corrected chi connectivity index (χ3v) is 3.93. The number of carbonyl (C=O) groups is 1. The summed E-state index contributed by atoms with van der Waals surface area (Å²) in [5.74, 6) is 0.193. The van der Waals surface area contributed by atoms with Gasteiger partial charge in [0.05, 0.1) is 29.1 Å². The van der Waals surface area contributed by atoms with Crippen LogP contribution in [0.4, 0.5) is 11.4 Å². The van der Waals surface area contributed by atoms with E-state index in [2.05, 4.69) is 20.6 Å². The molecule has 9 nitrogen and oxygen atoms in total. The molecule has 0 radical (unpaired) electrons. The maximum absolute atomic E-state index is 12.4. The summed E-state index contributed by atoms with van der Waals surface area (Å²) in [6.45, 7) is 1.03. The van der Waals surface area contributed by atoms with Crippen LogP contribution in [0.25, 0.3) is 11.0 Å². The lowest BCUT2D eigenvalue weighted by Crippen LogP contribution is -2.23. The molecule has 0 fully saturated rings. The van der Waals surface area contributed by atoms with Gasteiger partial charge in [0.15, 0.2) is 0 Å². The van der Waals surface area contributed by atoms with E-state index in [4.69, 9.17) is 4.74 Å². The van der Waals surface area contributed by atoms with Crippen molar-refractivity contribution in [3.63, 3.8) is 0 Å². The number of nitrogens with one attached hydrogen (secondary N) is 3. The van der Waals surface area contributed by atoms with E-state index in [0.29, 0.717) is 24.7 Å². The van der Waals surface area contributed by atoms with Gasteiger partial charge in [-0.2, -0.15) is 0 Å². The van der Waals surface area contributed by atoms with E-state index in [1.54, 1.807) is 7.11 Å². The van der Waals surface area contributed by atoms with Crippen LogP contribution in [0.15, 0.2) is 42.5 Å². The molecule has 0 aliphatic heterocycles. The number of hydrogen-bond acceptors (Lipinski definition) is 6. The third-order valence-electron chi connectivity index (χ3n) is 3.93. The summed E-state index contributed by atoms with van der Waals surface area (Å²) in [5.41, 5.74) is 2.07. The molecule has 2 aromatic carbocycles. The van der Waals surface area contributed by atoms with E-state index in [9.17, 15) is 14.9 Å². The minimum absolute atomic E-state index is 0.164. The minimum atomic E-state index is -0.523. The van der Waals surface area contributed by atoms with Crippen LogP contribution in [-0.2, 0) is 11.3 Å². The van der Waals surface area contributed by atoms with Crippen molar-refractivity contribution in [1.29, 1.82) is 0 Å². The molecule has 0 aliphatic rings. The first-order valence-electron chi connectivity index (χ1n) is 8.31. The van der Waals surface area contributed by atoms with Crippen LogP contribution in [0.2, 0.25) is 0 Å². The largest absolute Gasteiger partial charge is 0.383 e. The molecular formula is C18H19N5O4. The van der Waals surface area contributed by atoms with Crippen molar-refractivity contribution in [3.8, 4) is 0 Å². The van der Waals surface area contributed by atoms with Crippen molar-refractivity contribution in [2.75, 3.05) is 25.6 Å². The monoisotopic (exact) mass is 369 g/mol. The summed E-state index contributed by atoms with van der Waals surface area (Å²) in [6, 6.07) is 11.8. The van der Waals surface area contributed by atoms with E-state index in [1.807, 2.05) is 24.3 Å². The number of ether oxygens (including phenoxy) is 1. The lowest BCUT2D eigenvalue weighted by molar-refractivity contribution is -0.384. The van der Waals surface area contributed by atoms with E-state index in [0.717, 1.165) is 11.0 Å². The lowest BCUT2D eigenvalue weighted by Gasteiger charge is -2.08. The second-order valence-electron chi connectivity index (χ2n) is 5.79. The van der Waals surface area contributed by atoms with Gasteiger partial charge < -0.3 is 20.4 Å². The van der Waals surface area contributed by atoms with Crippen LogP contribution >= 0.6 is 0 Å². The molecule has 0 saturated heterocycles. The summed E-state index contributed by atoms with van der Waals surface area (Å²) < 4.78 is 4.92. The highest BCUT2D eigenvalue weighted by Gasteiger charge is 2.17. The number of benzene rings is 2. The topological polar surface area (TPSA) is 122 Å². The normalized spacial score (nSPS) is 10.7. The number of hydrogen-bond donors (Lipinski definition) is 3. The third kappa shape index (κ3) is 4.39. The number of fused-ring (bicyclic) bond motifs is 1. The van der Waals surface area contributed by atoms with Crippen LogP contribution in [0, 0.1) is 10.1 Å². The molecule has 0 atom stereocenters. The fourth-order valence-electron chi connectivity index (χ4n) is 2.62. The van der Waals surface area contributed by atoms with Gasteiger partial charge in [-0.3, -0.25) is 14.9 Å². The zero-order valence-corrected chi connectivity index (χ0v) is 14.7. The minimum Gasteiger partial charge on any atom is -0.383 e. The fraction of sp³-hybridized carbons (Fsp3) is 0.222. The molecule has 0 saturated carbocycles. The van der Waals surface area contributed by atoms with Crippen molar-refractivity contribution in [1.82, 2.24) is 15.3 Å². The maximum atomic E-state index is 12.4. The van der Waals surface area contributed by atoms with Crippen molar-refractivity contribution in [3.05, 3.63) is 64.0 Å². The molecule has 0 spiro atoms. The highest BCUT2D eigenvalue weighted by molar-refractivity contribution is 5.95. The molecule has 3 N–H and O–H groups in total. The molecule has 1 heterocycles. The second kappa shape index (κ2) is 8.28. The highest BCUT2D eigenvalue weighted by Crippen LogP contribution is 2.25. The molecular weight excluding hydrogens is 350 g/mol. The number of amides is 1. The molecule has 0 bridgehead atoms. The molecule has 1 amide bonds. The number of nitro benzene ring substituents is 1. The average Bonchev–Trinajstić information content (AvgIpc) is 3.09. The molecule has 0 unspecified atom stereocenters. The zero-order chi connectivity index (χ0) is 19.2. The Morgan fingerprint density at radius 3 is 2.85 bits per heavy atom. The number of rotatable bonds is 8. The number of carbonyl (C=O) groups excluding carboxylic acids is 1. The second-order valence-corrected chi connectivity index (χ2v) is 5.79. The number of nitrogens with zero attached hydrogens (tertiary/aromatic N) is 2. The summed E-state index contributed by atoms with van der Waals surface area (Å²) in [7, 11) is 1.55. The van der Waals surface area contributed by atoms with E-state index >= 15 is 0 Å². The quantitative estimate of drug-likeness (QED) is 0.318. The highest BCUT2D eigenvalue weighted by atomic mass is 16.6. The molecule has 9 heteroatoms. The van der Waals surface area contributed by atoms with Crippen molar-refractivity contribution in [2.45, 2.75) is 6.54 Å². The number of aromatic amines is 1. The molecule has 140 valence electrons. The van der Waals surface area contributed by atoms with Gasteiger partial charge in [-0.1, -0.05) is 12.1 Å². The van der Waals surface area contributed by atoms with Gasteiger partial charge >= 0.3 is 0 Å². The Hall–Kier alpha value is -3.46. The number of methoxy groups -OCH3 is 1. The van der Waals surface area contributed by atoms with Gasteiger partial charge in [0, 0.05) is 25.3 Å². The van der Waals surface area contributed by atoms with Crippen LogP contribution in [-0.4, -0.2) is 41.1 Å². The van der Waals surface area contributed by atoms with E-state index < -0.39 is 10.8 Å². The van der Waals surface area contributed by atoms with Gasteiger partial charge in [-0.15, -0.1) is 0 Å². The smallest absolute Gasteiger partial charge is 0.293 e. The first-order valence-corrected chi connectivity index (χ1v) is 8.31. The number of H-pyrrole nitrogens is 1. The SMILES string of the molecule is COCCNc1ccc(C(=O)NCc2nc3ccccc3[nH]2)cc1[N+](=O)[O-]. The van der Waals surface area contributed by atoms with Gasteiger partial charge in [0.25, 0.3) is 11.6 Å². The van der Waals surface area contributed by atoms with Crippen LogP contribution < -0.4 is 10.6 Å². The Balaban J connectivity index is 1.69. The standard InChI is InChI=1S/C18H19N5O4/c1-27-9-8-19-15-7-6-12(10-16(15)23(25)26)18(24)20-11-17-21-13-4-2-3-5-14(13)22-17/h2-7,10,19H,8-9,11H2,1H3,(H,20,24)(H,21,22). The number of aromatic nitrogens is 2. The number of nitro groups is 1. The predicted molar refractivity (Wildman–Crippen MR) is 101 cm³/mol. The molecule has 3 aromatic rings.